The van der Waals surface area contributed by atoms with Gasteiger partial charge in [-0.25, -0.2) is 4.39 Å². The second kappa shape index (κ2) is 7.72. The Morgan fingerprint density at radius 2 is 2.31 bits per heavy atom. The van der Waals surface area contributed by atoms with Crippen LogP contribution in [0, 0.1) is 18.2 Å². The van der Waals surface area contributed by atoms with Gasteiger partial charge in [0.15, 0.2) is 0 Å². The molecule has 1 rings (SSSR count). The van der Waals surface area contributed by atoms with E-state index >= 15 is 0 Å². The minimum Gasteiger partial charge on any atom is -0.312 e. The van der Waals surface area contributed by atoms with Gasteiger partial charge in [0.05, 0.1) is 10.2 Å². The van der Waals surface area contributed by atoms with E-state index in [2.05, 4.69) is 27.2 Å². The second-order valence-electron chi connectivity index (χ2n) is 3.18. The molecule has 1 nitrogen and oxygen atoms in total. The Hall–Kier alpha value is -0.500. The zero-order valence-electron chi connectivity index (χ0n) is 8.80. The van der Waals surface area contributed by atoms with Gasteiger partial charge in [-0.15, -0.1) is 18.2 Å². The third-order valence-corrected chi connectivity index (χ3v) is 3.43. The fraction of sp³-hybridized carbons (Fsp3) is 0.333. The van der Waals surface area contributed by atoms with E-state index in [1.807, 2.05) is 6.07 Å². The first-order chi connectivity index (χ1) is 7.74. The van der Waals surface area contributed by atoms with Crippen LogP contribution < -0.4 is 5.32 Å². The van der Waals surface area contributed by atoms with Crippen molar-refractivity contribution in [1.29, 1.82) is 0 Å². The molecule has 16 heavy (non-hydrogen) atoms. The molecule has 0 amide bonds. The first-order valence-corrected chi connectivity index (χ1v) is 6.84. The first-order valence-electron chi connectivity index (χ1n) is 4.90. The van der Waals surface area contributed by atoms with Crippen LogP contribution in [0.2, 0.25) is 0 Å². The Morgan fingerprint density at radius 3 is 3.00 bits per heavy atom. The summed E-state index contributed by atoms with van der Waals surface area (Å²) in [6, 6.07) is 5.15. The van der Waals surface area contributed by atoms with Crippen molar-refractivity contribution >= 4 is 27.7 Å². The number of rotatable bonds is 6. The molecule has 0 unspecified atom stereocenters. The minimum atomic E-state index is -0.221. The van der Waals surface area contributed by atoms with E-state index in [9.17, 15) is 4.39 Å². The molecular formula is C12H13BrFNS. The van der Waals surface area contributed by atoms with Crippen LogP contribution in [0.1, 0.15) is 5.56 Å². The molecule has 0 bridgehead atoms. The lowest BCUT2D eigenvalue weighted by molar-refractivity contribution is 0.615. The van der Waals surface area contributed by atoms with Crippen molar-refractivity contribution < 1.29 is 4.39 Å². The Balaban J connectivity index is 2.22. The molecule has 1 N–H and O–H groups in total. The van der Waals surface area contributed by atoms with Gasteiger partial charge in [0.2, 0.25) is 0 Å². The Bertz CT molecular complexity index is 376. The van der Waals surface area contributed by atoms with Gasteiger partial charge in [-0.2, -0.15) is 0 Å². The number of benzene rings is 1. The molecule has 4 heteroatoms. The predicted octanol–water partition coefficient (Wildman–Crippen LogP) is 3.04. The Kier molecular flexibility index (Phi) is 6.55. The molecular weight excluding hydrogens is 289 g/mol. The largest absolute Gasteiger partial charge is 0.312 e. The molecule has 86 valence electrons. The van der Waals surface area contributed by atoms with Crippen LogP contribution in [0.25, 0.3) is 0 Å². The summed E-state index contributed by atoms with van der Waals surface area (Å²) >= 11 is 4.84. The summed E-state index contributed by atoms with van der Waals surface area (Å²) < 4.78 is 13.7. The van der Waals surface area contributed by atoms with Crippen molar-refractivity contribution in [3.63, 3.8) is 0 Å². The van der Waals surface area contributed by atoms with Crippen LogP contribution in [-0.2, 0) is 6.54 Å². The number of terminal acetylenes is 1. The second-order valence-corrected chi connectivity index (χ2v) is 5.14. The summed E-state index contributed by atoms with van der Waals surface area (Å²) in [5.41, 5.74) is 0.947. The Labute approximate surface area is 108 Å². The molecule has 0 atom stereocenters. The summed E-state index contributed by atoms with van der Waals surface area (Å²) in [5, 5.41) is 3.24. The highest BCUT2D eigenvalue weighted by atomic mass is 79.9. The van der Waals surface area contributed by atoms with E-state index in [1.54, 1.807) is 17.8 Å². The molecule has 0 aromatic heterocycles. The van der Waals surface area contributed by atoms with Crippen molar-refractivity contribution in [2.45, 2.75) is 6.54 Å². The highest BCUT2D eigenvalue weighted by molar-refractivity contribution is 9.10. The number of thioether (sulfide) groups is 1. The molecule has 1 aromatic carbocycles. The van der Waals surface area contributed by atoms with Crippen molar-refractivity contribution in [2.75, 3.05) is 18.1 Å². The zero-order chi connectivity index (χ0) is 11.8. The monoisotopic (exact) mass is 301 g/mol. The van der Waals surface area contributed by atoms with E-state index in [4.69, 9.17) is 6.42 Å². The van der Waals surface area contributed by atoms with Crippen LogP contribution in [0.15, 0.2) is 22.7 Å². The molecule has 0 aliphatic rings. The van der Waals surface area contributed by atoms with Crippen molar-refractivity contribution in [3.8, 4) is 12.3 Å². The summed E-state index contributed by atoms with van der Waals surface area (Å²) in [7, 11) is 0. The maximum Gasteiger partial charge on any atom is 0.137 e. The van der Waals surface area contributed by atoms with Gasteiger partial charge in [-0.3, -0.25) is 0 Å². The lowest BCUT2D eigenvalue weighted by Crippen LogP contribution is -2.16. The normalized spacial score (nSPS) is 10.1. The lowest BCUT2D eigenvalue weighted by Gasteiger charge is -2.04. The first kappa shape index (κ1) is 13.6. The third-order valence-electron chi connectivity index (χ3n) is 1.92. The van der Waals surface area contributed by atoms with E-state index < -0.39 is 0 Å². The van der Waals surface area contributed by atoms with Crippen LogP contribution in [-0.4, -0.2) is 18.1 Å². The molecule has 0 aliphatic heterocycles. The summed E-state index contributed by atoms with van der Waals surface area (Å²) in [5.74, 6) is 4.07. The molecule has 0 spiro atoms. The molecule has 1 aromatic rings. The van der Waals surface area contributed by atoms with E-state index in [1.165, 1.54) is 6.07 Å². The quantitative estimate of drug-likeness (QED) is 0.640. The Morgan fingerprint density at radius 1 is 1.50 bits per heavy atom. The molecule has 0 saturated carbocycles. The lowest BCUT2D eigenvalue weighted by atomic mass is 10.2. The van der Waals surface area contributed by atoms with Crippen molar-refractivity contribution in [1.82, 2.24) is 5.32 Å². The number of hydrogen-bond donors (Lipinski definition) is 1. The van der Waals surface area contributed by atoms with Gasteiger partial charge in [-0.05, 0) is 33.6 Å². The molecule has 0 saturated heterocycles. The smallest absolute Gasteiger partial charge is 0.137 e. The van der Waals surface area contributed by atoms with Gasteiger partial charge >= 0.3 is 0 Å². The molecule has 0 heterocycles. The minimum absolute atomic E-state index is 0.221. The van der Waals surface area contributed by atoms with Crippen LogP contribution in [0.5, 0.6) is 0 Å². The average molecular weight is 302 g/mol. The third kappa shape index (κ3) is 5.02. The van der Waals surface area contributed by atoms with E-state index in [-0.39, 0.29) is 5.82 Å². The van der Waals surface area contributed by atoms with Gasteiger partial charge < -0.3 is 5.32 Å². The average Bonchev–Trinajstić information content (AvgIpc) is 2.28. The van der Waals surface area contributed by atoms with E-state index in [0.717, 1.165) is 23.6 Å². The highest BCUT2D eigenvalue weighted by Gasteiger charge is 1.99. The summed E-state index contributed by atoms with van der Waals surface area (Å²) in [4.78, 5) is 0. The van der Waals surface area contributed by atoms with Gasteiger partial charge in [0, 0.05) is 18.8 Å². The molecule has 0 radical (unpaired) electrons. The van der Waals surface area contributed by atoms with Crippen LogP contribution in [0.4, 0.5) is 4.39 Å². The standard InChI is InChI=1S/C12H13BrFNS/c1-2-6-16-7-5-15-9-10-3-4-11(13)12(14)8-10/h1,3-4,8,15H,5-7,9H2. The molecule has 0 fully saturated rings. The van der Waals surface area contributed by atoms with Crippen LogP contribution >= 0.6 is 27.7 Å². The topological polar surface area (TPSA) is 12.0 Å². The van der Waals surface area contributed by atoms with Crippen LogP contribution in [0.3, 0.4) is 0 Å². The summed E-state index contributed by atoms with van der Waals surface area (Å²) in [6.07, 6.45) is 5.13. The maximum atomic E-state index is 13.2. The van der Waals surface area contributed by atoms with Gasteiger partial charge in [-0.1, -0.05) is 12.0 Å². The van der Waals surface area contributed by atoms with Crippen molar-refractivity contribution in [3.05, 3.63) is 34.1 Å². The van der Waals surface area contributed by atoms with Gasteiger partial charge in [0.25, 0.3) is 0 Å². The maximum absolute atomic E-state index is 13.2. The number of halogens is 2. The predicted molar refractivity (Wildman–Crippen MR) is 72.0 cm³/mol. The molecule has 0 aliphatic carbocycles. The fourth-order valence-electron chi connectivity index (χ4n) is 1.16. The SMILES string of the molecule is C#CCSCCNCc1ccc(Br)c(F)c1. The number of hydrogen-bond acceptors (Lipinski definition) is 2. The van der Waals surface area contributed by atoms with Gasteiger partial charge in [0.1, 0.15) is 5.82 Å². The van der Waals surface area contributed by atoms with Crippen molar-refractivity contribution in [2.24, 2.45) is 0 Å². The van der Waals surface area contributed by atoms with E-state index in [0.29, 0.717) is 11.0 Å². The zero-order valence-corrected chi connectivity index (χ0v) is 11.2. The summed E-state index contributed by atoms with van der Waals surface area (Å²) in [6.45, 7) is 1.56. The number of nitrogens with one attached hydrogen (secondary N) is 1. The highest BCUT2D eigenvalue weighted by Crippen LogP contribution is 2.16. The fourth-order valence-corrected chi connectivity index (χ4v) is 1.96.